The third kappa shape index (κ3) is 1.80. The molecule has 3 aromatic rings. The minimum atomic E-state index is 0.301. The molecule has 0 amide bonds. The van der Waals surface area contributed by atoms with Gasteiger partial charge in [-0.1, -0.05) is 0 Å². The third-order valence-electron chi connectivity index (χ3n) is 4.89. The topological polar surface area (TPSA) is 29.8 Å². The lowest BCUT2D eigenvalue weighted by Gasteiger charge is -2.44. The van der Waals surface area contributed by atoms with Crippen LogP contribution in [0.3, 0.4) is 0 Å². The van der Waals surface area contributed by atoms with E-state index in [1.807, 2.05) is 0 Å². The summed E-state index contributed by atoms with van der Waals surface area (Å²) in [4.78, 5) is 8.47. The van der Waals surface area contributed by atoms with Crippen molar-refractivity contribution in [1.82, 2.24) is 14.3 Å². The lowest BCUT2D eigenvalue weighted by molar-refractivity contribution is -0.00913. The van der Waals surface area contributed by atoms with Crippen molar-refractivity contribution in [3.05, 3.63) is 29.8 Å². The number of nitrogens with zero attached hydrogens (tertiary/aromatic N) is 3. The summed E-state index contributed by atoms with van der Waals surface area (Å²) in [5.41, 5.74) is 2.11. The van der Waals surface area contributed by atoms with Gasteiger partial charge >= 0.3 is 0 Å². The van der Waals surface area contributed by atoms with E-state index in [0.717, 1.165) is 23.5 Å². The highest BCUT2D eigenvalue weighted by molar-refractivity contribution is 7.16. The van der Waals surface area contributed by atoms with E-state index in [1.54, 1.807) is 11.3 Å². The molecule has 3 aromatic heterocycles. The summed E-state index contributed by atoms with van der Waals surface area (Å²) < 4.78 is 8.57. The van der Waals surface area contributed by atoms with Crippen LogP contribution in [0.1, 0.15) is 12.8 Å². The van der Waals surface area contributed by atoms with E-state index in [0.29, 0.717) is 12.0 Å². The number of piperidine rings is 3. The zero-order valence-electron chi connectivity index (χ0n) is 11.7. The fraction of sp³-hybridized carbons (Fsp3) is 0.438. The number of hydrogen-bond acceptors (Lipinski definition) is 4. The molecule has 21 heavy (non-hydrogen) atoms. The maximum atomic E-state index is 6.37. The van der Waals surface area contributed by atoms with Gasteiger partial charge in [0.2, 0.25) is 5.88 Å². The van der Waals surface area contributed by atoms with Crippen molar-refractivity contribution in [3.63, 3.8) is 0 Å². The predicted octanol–water partition coefficient (Wildman–Crippen LogP) is 3.02. The molecule has 2 bridgehead atoms. The molecule has 0 radical (unpaired) electrons. The van der Waals surface area contributed by atoms with Crippen molar-refractivity contribution in [3.8, 4) is 5.88 Å². The van der Waals surface area contributed by atoms with Gasteiger partial charge in [-0.3, -0.25) is 4.90 Å². The fourth-order valence-corrected chi connectivity index (χ4v) is 4.57. The van der Waals surface area contributed by atoms with E-state index in [1.165, 1.54) is 30.8 Å². The Morgan fingerprint density at radius 3 is 2.95 bits per heavy atom. The minimum absolute atomic E-state index is 0.301. The number of aromatic nitrogens is 2. The maximum absolute atomic E-state index is 6.37. The zero-order valence-corrected chi connectivity index (χ0v) is 12.6. The van der Waals surface area contributed by atoms with Crippen LogP contribution in [0.2, 0.25) is 0 Å². The highest BCUT2D eigenvalue weighted by atomic mass is 32.1. The smallest absolute Gasteiger partial charge is 0.239 e. The average molecular weight is 299 g/mol. The molecule has 3 fully saturated rings. The zero-order chi connectivity index (χ0) is 13.8. The molecule has 0 N–H and O–H groups in total. The minimum Gasteiger partial charge on any atom is -0.471 e. The van der Waals surface area contributed by atoms with Gasteiger partial charge in [0.1, 0.15) is 22.0 Å². The van der Waals surface area contributed by atoms with Gasteiger partial charge < -0.3 is 9.14 Å². The Morgan fingerprint density at radius 2 is 2.14 bits per heavy atom. The summed E-state index contributed by atoms with van der Waals surface area (Å²) in [7, 11) is 0. The summed E-state index contributed by atoms with van der Waals surface area (Å²) in [5, 5.41) is 2.09. The molecule has 0 aliphatic carbocycles. The van der Waals surface area contributed by atoms with Crippen LogP contribution in [0.15, 0.2) is 29.8 Å². The van der Waals surface area contributed by atoms with E-state index in [-0.39, 0.29) is 0 Å². The summed E-state index contributed by atoms with van der Waals surface area (Å²) in [5.74, 6) is 1.50. The Bertz CT molecular complexity index is 800. The van der Waals surface area contributed by atoms with Crippen molar-refractivity contribution in [2.24, 2.45) is 5.92 Å². The number of hydrogen-bond donors (Lipinski definition) is 0. The molecule has 1 unspecified atom stereocenters. The number of thiophene rings is 1. The fourth-order valence-electron chi connectivity index (χ4n) is 3.73. The Hall–Kier alpha value is -1.59. The normalized spacial score (nSPS) is 28.5. The molecular formula is C16H17N3OS. The van der Waals surface area contributed by atoms with Crippen LogP contribution in [0.4, 0.5) is 0 Å². The summed E-state index contributed by atoms with van der Waals surface area (Å²) in [6.45, 7) is 3.53. The molecular weight excluding hydrogens is 282 g/mol. The first-order chi connectivity index (χ1) is 10.4. The van der Waals surface area contributed by atoms with Gasteiger partial charge in [0.15, 0.2) is 0 Å². The van der Waals surface area contributed by atoms with Crippen LogP contribution in [0.5, 0.6) is 5.88 Å². The molecule has 108 valence electrons. The van der Waals surface area contributed by atoms with Crippen LogP contribution in [-0.4, -0.2) is 40.0 Å². The lowest BCUT2D eigenvalue weighted by Crippen LogP contribution is -2.52. The second kappa shape index (κ2) is 4.45. The van der Waals surface area contributed by atoms with Gasteiger partial charge in [-0.25, -0.2) is 4.98 Å². The van der Waals surface area contributed by atoms with Crippen LogP contribution >= 0.6 is 11.3 Å². The van der Waals surface area contributed by atoms with Crippen molar-refractivity contribution in [2.45, 2.75) is 18.9 Å². The molecule has 6 heterocycles. The van der Waals surface area contributed by atoms with Gasteiger partial charge in [-0.2, -0.15) is 0 Å². The Labute approximate surface area is 127 Å². The Morgan fingerprint density at radius 1 is 1.24 bits per heavy atom. The van der Waals surface area contributed by atoms with E-state index in [2.05, 4.69) is 39.1 Å². The summed E-state index contributed by atoms with van der Waals surface area (Å²) >= 11 is 1.72. The SMILES string of the molecule is c1cc2c(OC3CN4CCC3CC4)nc3ccsc3n2c1. The number of rotatable bonds is 2. The Balaban J connectivity index is 1.58. The lowest BCUT2D eigenvalue weighted by atomic mass is 9.86. The van der Waals surface area contributed by atoms with Gasteiger partial charge in [-0.05, 0) is 55.4 Å². The van der Waals surface area contributed by atoms with Gasteiger partial charge in [0, 0.05) is 12.7 Å². The molecule has 3 saturated heterocycles. The van der Waals surface area contributed by atoms with E-state index in [4.69, 9.17) is 9.72 Å². The standard InChI is InChI=1S/C16H17N3OS/c1-2-13-15(17-12-5-9-21-16(12)19(13)6-1)20-14-10-18-7-3-11(14)4-8-18/h1-2,5-6,9,11,14H,3-4,7-8,10H2. The van der Waals surface area contributed by atoms with Crippen molar-refractivity contribution >= 4 is 27.2 Å². The second-order valence-electron chi connectivity index (χ2n) is 6.09. The van der Waals surface area contributed by atoms with Crippen LogP contribution in [0.25, 0.3) is 15.9 Å². The van der Waals surface area contributed by atoms with Gasteiger partial charge in [0.25, 0.3) is 0 Å². The van der Waals surface area contributed by atoms with Crippen molar-refractivity contribution < 1.29 is 4.74 Å². The molecule has 5 heteroatoms. The van der Waals surface area contributed by atoms with E-state index >= 15 is 0 Å². The number of ether oxygens (including phenoxy) is 1. The molecule has 3 aliphatic heterocycles. The quantitative estimate of drug-likeness (QED) is 0.728. The molecule has 3 aliphatic rings. The second-order valence-corrected chi connectivity index (χ2v) is 6.98. The maximum Gasteiger partial charge on any atom is 0.239 e. The van der Waals surface area contributed by atoms with Gasteiger partial charge in [0.05, 0.1) is 0 Å². The molecule has 4 nitrogen and oxygen atoms in total. The average Bonchev–Trinajstić information content (AvgIpc) is 3.16. The third-order valence-corrected chi connectivity index (χ3v) is 5.79. The van der Waals surface area contributed by atoms with Crippen molar-refractivity contribution in [2.75, 3.05) is 19.6 Å². The Kier molecular flexibility index (Phi) is 2.54. The first kappa shape index (κ1) is 12.0. The number of fused-ring (bicyclic) bond motifs is 6. The highest BCUT2D eigenvalue weighted by Crippen LogP contribution is 2.33. The first-order valence-electron chi connectivity index (χ1n) is 7.62. The molecule has 6 rings (SSSR count). The first-order valence-corrected chi connectivity index (χ1v) is 8.50. The molecule has 0 spiro atoms. The van der Waals surface area contributed by atoms with Crippen LogP contribution in [0, 0.1) is 5.92 Å². The van der Waals surface area contributed by atoms with Crippen LogP contribution in [-0.2, 0) is 0 Å². The monoisotopic (exact) mass is 299 g/mol. The highest BCUT2D eigenvalue weighted by Gasteiger charge is 2.36. The van der Waals surface area contributed by atoms with Crippen molar-refractivity contribution in [1.29, 1.82) is 0 Å². The molecule has 0 aromatic carbocycles. The van der Waals surface area contributed by atoms with E-state index in [9.17, 15) is 0 Å². The van der Waals surface area contributed by atoms with E-state index < -0.39 is 0 Å². The van der Waals surface area contributed by atoms with Gasteiger partial charge in [-0.15, -0.1) is 11.3 Å². The predicted molar refractivity (Wildman–Crippen MR) is 84.2 cm³/mol. The summed E-state index contributed by atoms with van der Waals surface area (Å²) in [6.07, 6.45) is 4.93. The molecule has 1 atom stereocenters. The largest absolute Gasteiger partial charge is 0.471 e. The van der Waals surface area contributed by atoms with Crippen LogP contribution < -0.4 is 4.74 Å². The summed E-state index contributed by atoms with van der Waals surface area (Å²) in [6, 6.07) is 6.24. The molecule has 0 saturated carbocycles.